The van der Waals surface area contributed by atoms with E-state index in [1.807, 2.05) is 32.0 Å². The summed E-state index contributed by atoms with van der Waals surface area (Å²) in [4.78, 5) is 53.1. The maximum absolute atomic E-state index is 12.8. The largest absolute Gasteiger partial charge is 0.484 e. The molecule has 2 heterocycles. The number of nitrogens with zero attached hydrogens (tertiary/aromatic N) is 2. The van der Waals surface area contributed by atoms with E-state index in [0.29, 0.717) is 24.4 Å². The summed E-state index contributed by atoms with van der Waals surface area (Å²) in [5, 5.41) is 2.39. The van der Waals surface area contributed by atoms with Gasteiger partial charge in [-0.1, -0.05) is 29.8 Å². The lowest BCUT2D eigenvalue weighted by Crippen LogP contribution is -2.44. The van der Waals surface area contributed by atoms with Crippen molar-refractivity contribution in [2.24, 2.45) is 0 Å². The summed E-state index contributed by atoms with van der Waals surface area (Å²) in [6, 6.07) is 12.7. The van der Waals surface area contributed by atoms with Gasteiger partial charge in [-0.05, 0) is 80.3 Å². The zero-order valence-corrected chi connectivity index (χ0v) is 21.2. The molecule has 8 nitrogen and oxygen atoms in total. The van der Waals surface area contributed by atoms with Crippen LogP contribution in [0.15, 0.2) is 47.4 Å². The highest BCUT2D eigenvalue weighted by Crippen LogP contribution is 2.32. The van der Waals surface area contributed by atoms with E-state index in [4.69, 9.17) is 4.74 Å². The van der Waals surface area contributed by atoms with Crippen LogP contribution in [0.3, 0.4) is 0 Å². The number of thioether (sulfide) groups is 1. The van der Waals surface area contributed by atoms with Crippen molar-refractivity contribution in [3.8, 4) is 5.75 Å². The van der Waals surface area contributed by atoms with E-state index in [-0.39, 0.29) is 29.9 Å². The molecule has 4 amide bonds. The van der Waals surface area contributed by atoms with Crippen LogP contribution in [-0.2, 0) is 14.4 Å². The Morgan fingerprint density at radius 1 is 1.06 bits per heavy atom. The van der Waals surface area contributed by atoms with Gasteiger partial charge in [0.1, 0.15) is 12.3 Å². The normalized spacial score (nSPS) is 17.0. The van der Waals surface area contributed by atoms with Gasteiger partial charge < -0.3 is 15.0 Å². The predicted octanol–water partition coefficient (Wildman–Crippen LogP) is 4.37. The van der Waals surface area contributed by atoms with Crippen LogP contribution in [0, 0.1) is 13.8 Å². The number of hydrogen-bond donors (Lipinski definition) is 1. The van der Waals surface area contributed by atoms with Gasteiger partial charge in [-0.15, -0.1) is 0 Å². The second kappa shape index (κ2) is 11.4. The maximum Gasteiger partial charge on any atom is 0.294 e. The summed E-state index contributed by atoms with van der Waals surface area (Å²) in [6.07, 6.45) is 4.57. The Hall–Kier alpha value is -3.59. The highest BCUT2D eigenvalue weighted by molar-refractivity contribution is 8.18. The van der Waals surface area contributed by atoms with Gasteiger partial charge in [0.05, 0.1) is 4.91 Å². The fourth-order valence-electron chi connectivity index (χ4n) is 4.15. The molecule has 36 heavy (non-hydrogen) atoms. The third-order valence-corrected chi connectivity index (χ3v) is 6.96. The molecule has 2 aliphatic rings. The van der Waals surface area contributed by atoms with E-state index in [2.05, 4.69) is 5.32 Å². The zero-order chi connectivity index (χ0) is 25.7. The Balaban J connectivity index is 1.35. The Morgan fingerprint density at radius 2 is 1.83 bits per heavy atom. The number of benzene rings is 2. The van der Waals surface area contributed by atoms with Gasteiger partial charge in [-0.25, -0.2) is 0 Å². The fourth-order valence-corrected chi connectivity index (χ4v) is 4.99. The molecule has 0 atom stereocenters. The van der Waals surface area contributed by atoms with Gasteiger partial charge >= 0.3 is 0 Å². The molecule has 2 aliphatic heterocycles. The Labute approximate surface area is 214 Å². The third-order valence-electron chi connectivity index (χ3n) is 6.06. The summed E-state index contributed by atoms with van der Waals surface area (Å²) in [6.45, 7) is 4.84. The van der Waals surface area contributed by atoms with Crippen molar-refractivity contribution in [1.82, 2.24) is 9.80 Å². The Kier molecular flexibility index (Phi) is 8.10. The first kappa shape index (κ1) is 25.5. The minimum absolute atomic E-state index is 0.175. The first-order valence-corrected chi connectivity index (χ1v) is 12.7. The first-order valence-electron chi connectivity index (χ1n) is 11.9. The number of hydrogen-bond acceptors (Lipinski definition) is 6. The summed E-state index contributed by atoms with van der Waals surface area (Å²) in [7, 11) is 0. The Morgan fingerprint density at radius 3 is 2.58 bits per heavy atom. The number of anilines is 1. The van der Waals surface area contributed by atoms with E-state index in [1.54, 1.807) is 35.2 Å². The van der Waals surface area contributed by atoms with Gasteiger partial charge in [0.2, 0.25) is 5.91 Å². The summed E-state index contributed by atoms with van der Waals surface area (Å²) < 4.78 is 5.64. The molecule has 9 heteroatoms. The lowest BCUT2D eigenvalue weighted by molar-refractivity contribution is -0.136. The van der Waals surface area contributed by atoms with E-state index >= 15 is 0 Å². The fraction of sp³-hybridized carbons (Fsp3) is 0.333. The number of likely N-dealkylation sites (tertiary alicyclic amines) is 1. The number of ether oxygens (including phenoxy) is 1. The number of rotatable bonds is 7. The standard InChI is InChI=1S/C27H29N3O5S/c1-18-9-10-22(19(2)13-18)28-24(31)17-35-21-8-6-7-20(14-21)15-23-26(33)30(27(34)36-23)16-25(32)29-11-4-3-5-12-29/h6-10,13-15H,3-5,11-12,16-17H2,1-2H3,(H,28,31)/b23-15-. The van der Waals surface area contributed by atoms with Crippen molar-refractivity contribution in [3.63, 3.8) is 0 Å². The minimum atomic E-state index is -0.477. The van der Waals surface area contributed by atoms with Crippen molar-refractivity contribution < 1.29 is 23.9 Å². The average molecular weight is 508 g/mol. The summed E-state index contributed by atoms with van der Waals surface area (Å²) in [5.74, 6) is -0.506. The van der Waals surface area contributed by atoms with E-state index < -0.39 is 11.1 Å². The van der Waals surface area contributed by atoms with Gasteiger partial charge in [-0.2, -0.15) is 0 Å². The third kappa shape index (κ3) is 6.34. The highest BCUT2D eigenvalue weighted by atomic mass is 32.2. The van der Waals surface area contributed by atoms with Crippen LogP contribution in [0.5, 0.6) is 5.75 Å². The van der Waals surface area contributed by atoms with Crippen molar-refractivity contribution in [1.29, 1.82) is 0 Å². The molecule has 0 spiro atoms. The number of carbonyl (C=O) groups is 4. The van der Waals surface area contributed by atoms with E-state index in [0.717, 1.165) is 52.7 Å². The lowest BCUT2D eigenvalue weighted by Gasteiger charge is -2.27. The van der Waals surface area contributed by atoms with Crippen molar-refractivity contribution in [2.45, 2.75) is 33.1 Å². The molecule has 0 aliphatic carbocycles. The second-order valence-electron chi connectivity index (χ2n) is 8.94. The smallest absolute Gasteiger partial charge is 0.294 e. The number of amides is 4. The van der Waals surface area contributed by atoms with Crippen LogP contribution in [-0.4, -0.2) is 59.0 Å². The molecule has 0 radical (unpaired) electrons. The predicted molar refractivity (Wildman–Crippen MR) is 140 cm³/mol. The molecule has 0 aromatic heterocycles. The van der Waals surface area contributed by atoms with Crippen molar-refractivity contribution in [2.75, 3.05) is 31.6 Å². The molecule has 2 aromatic rings. The monoisotopic (exact) mass is 507 g/mol. The molecule has 0 bridgehead atoms. The van der Waals surface area contributed by atoms with Gasteiger partial charge in [0, 0.05) is 18.8 Å². The zero-order valence-electron chi connectivity index (χ0n) is 20.4. The van der Waals surface area contributed by atoms with Crippen LogP contribution in [0.25, 0.3) is 6.08 Å². The molecule has 188 valence electrons. The van der Waals surface area contributed by atoms with Crippen LogP contribution >= 0.6 is 11.8 Å². The molecular formula is C27H29N3O5S. The second-order valence-corrected chi connectivity index (χ2v) is 9.93. The molecule has 0 unspecified atom stereocenters. The van der Waals surface area contributed by atoms with Crippen LogP contribution in [0.1, 0.15) is 36.0 Å². The number of aryl methyl sites for hydroxylation is 2. The quantitative estimate of drug-likeness (QED) is 0.559. The van der Waals surface area contributed by atoms with Crippen LogP contribution in [0.2, 0.25) is 0 Å². The molecule has 1 N–H and O–H groups in total. The van der Waals surface area contributed by atoms with E-state index in [1.165, 1.54) is 0 Å². The van der Waals surface area contributed by atoms with Crippen LogP contribution in [0.4, 0.5) is 10.5 Å². The molecule has 2 aromatic carbocycles. The van der Waals surface area contributed by atoms with Gasteiger partial charge in [0.25, 0.3) is 17.1 Å². The summed E-state index contributed by atoms with van der Waals surface area (Å²) in [5.41, 5.74) is 3.47. The number of imide groups is 1. The molecule has 2 fully saturated rings. The van der Waals surface area contributed by atoms with E-state index in [9.17, 15) is 19.2 Å². The minimum Gasteiger partial charge on any atom is -0.484 e. The SMILES string of the molecule is Cc1ccc(NC(=O)COc2cccc(/C=C3\SC(=O)N(CC(=O)N4CCCCC4)C3=O)c2)c(C)c1. The molecular weight excluding hydrogens is 478 g/mol. The van der Waals surface area contributed by atoms with Crippen LogP contribution < -0.4 is 10.1 Å². The Bertz CT molecular complexity index is 1220. The molecule has 4 rings (SSSR count). The first-order chi connectivity index (χ1) is 17.3. The van der Waals surface area contributed by atoms with Crippen molar-refractivity contribution >= 4 is 46.5 Å². The van der Waals surface area contributed by atoms with Gasteiger partial charge in [-0.3, -0.25) is 24.1 Å². The highest BCUT2D eigenvalue weighted by Gasteiger charge is 2.37. The molecule has 0 saturated carbocycles. The van der Waals surface area contributed by atoms with Crippen molar-refractivity contribution in [3.05, 3.63) is 64.1 Å². The number of nitrogens with one attached hydrogen (secondary N) is 1. The number of piperidine rings is 1. The number of carbonyl (C=O) groups excluding carboxylic acids is 4. The maximum atomic E-state index is 12.8. The summed E-state index contributed by atoms with van der Waals surface area (Å²) >= 11 is 0.816. The lowest BCUT2D eigenvalue weighted by atomic mass is 10.1. The van der Waals surface area contributed by atoms with Gasteiger partial charge in [0.15, 0.2) is 6.61 Å². The average Bonchev–Trinajstić information content (AvgIpc) is 3.12. The topological polar surface area (TPSA) is 96.0 Å². The molecule has 2 saturated heterocycles.